The van der Waals surface area contributed by atoms with Crippen LogP contribution in [0.15, 0.2) is 17.3 Å². The van der Waals surface area contributed by atoms with Gasteiger partial charge in [-0.2, -0.15) is 0 Å². The van der Waals surface area contributed by atoms with Crippen molar-refractivity contribution in [2.75, 3.05) is 33.4 Å². The summed E-state index contributed by atoms with van der Waals surface area (Å²) in [6.45, 7) is 6.00. The maximum Gasteiger partial charge on any atom is 0.154 e. The van der Waals surface area contributed by atoms with E-state index in [-0.39, 0.29) is 6.61 Å². The average molecular weight is 251 g/mol. The number of aliphatic imine (C=N–C) groups is 1. The van der Waals surface area contributed by atoms with Gasteiger partial charge in [-0.25, -0.2) is 9.98 Å². The third kappa shape index (κ3) is 4.81. The lowest BCUT2D eigenvalue weighted by Gasteiger charge is -2.15. The molecule has 0 aromatic carbocycles. The molecule has 18 heavy (non-hydrogen) atoms. The first-order valence-corrected chi connectivity index (χ1v) is 6.05. The van der Waals surface area contributed by atoms with Crippen molar-refractivity contribution in [3.63, 3.8) is 0 Å². The summed E-state index contributed by atoms with van der Waals surface area (Å²) in [7, 11) is 1.95. The van der Waals surface area contributed by atoms with Crippen LogP contribution in [-0.4, -0.2) is 54.6 Å². The van der Waals surface area contributed by atoms with Crippen LogP contribution < -0.4 is 4.74 Å². The fourth-order valence-electron chi connectivity index (χ4n) is 1.48. The molecule has 1 aromatic heterocycles. The lowest BCUT2D eigenvalue weighted by Crippen LogP contribution is -2.27. The molecule has 0 aliphatic heterocycles. The number of rotatable bonds is 7. The SMILES string of the molecule is C/C=N\c1ncc(OCCN(C)CCO)cc1C. The zero-order valence-corrected chi connectivity index (χ0v) is 11.3. The molecule has 1 aromatic rings. The van der Waals surface area contributed by atoms with Crippen molar-refractivity contribution < 1.29 is 9.84 Å². The first kappa shape index (κ1) is 14.6. The molecule has 1 heterocycles. The monoisotopic (exact) mass is 251 g/mol. The number of hydrogen-bond acceptors (Lipinski definition) is 5. The minimum atomic E-state index is 0.168. The summed E-state index contributed by atoms with van der Waals surface area (Å²) in [6.07, 6.45) is 3.40. The van der Waals surface area contributed by atoms with Crippen LogP contribution in [0.5, 0.6) is 5.75 Å². The maximum atomic E-state index is 8.76. The molecule has 0 amide bonds. The van der Waals surface area contributed by atoms with E-state index in [1.807, 2.05) is 31.9 Å². The van der Waals surface area contributed by atoms with Gasteiger partial charge < -0.3 is 14.7 Å². The van der Waals surface area contributed by atoms with Gasteiger partial charge in [0.1, 0.15) is 12.4 Å². The fraction of sp³-hybridized carbons (Fsp3) is 0.538. The largest absolute Gasteiger partial charge is 0.491 e. The molecule has 1 rings (SSSR count). The highest BCUT2D eigenvalue weighted by molar-refractivity contribution is 5.60. The fourth-order valence-corrected chi connectivity index (χ4v) is 1.48. The Morgan fingerprint density at radius 1 is 1.50 bits per heavy atom. The summed E-state index contributed by atoms with van der Waals surface area (Å²) < 4.78 is 5.60. The van der Waals surface area contributed by atoms with E-state index in [9.17, 15) is 0 Å². The van der Waals surface area contributed by atoms with E-state index in [1.54, 1.807) is 12.4 Å². The Morgan fingerprint density at radius 3 is 2.89 bits per heavy atom. The van der Waals surface area contributed by atoms with Gasteiger partial charge in [-0.3, -0.25) is 0 Å². The van der Waals surface area contributed by atoms with E-state index >= 15 is 0 Å². The van der Waals surface area contributed by atoms with Gasteiger partial charge in [0, 0.05) is 19.3 Å². The second-order valence-corrected chi connectivity index (χ2v) is 4.07. The summed E-state index contributed by atoms with van der Waals surface area (Å²) >= 11 is 0. The van der Waals surface area contributed by atoms with Gasteiger partial charge in [0.2, 0.25) is 0 Å². The number of nitrogens with zero attached hydrogens (tertiary/aromatic N) is 3. The maximum absolute atomic E-state index is 8.76. The minimum Gasteiger partial charge on any atom is -0.491 e. The Hall–Kier alpha value is -1.46. The Morgan fingerprint density at radius 2 is 2.28 bits per heavy atom. The second kappa shape index (κ2) is 7.79. The standard InChI is InChI=1S/C13H21N3O2/c1-4-14-13-11(2)9-12(10-15-13)18-8-6-16(3)5-7-17/h4,9-10,17H,5-8H2,1-3H3/b14-4-. The topological polar surface area (TPSA) is 58.0 Å². The zero-order chi connectivity index (χ0) is 13.4. The molecule has 0 bridgehead atoms. The molecule has 0 saturated carbocycles. The van der Waals surface area contributed by atoms with E-state index in [0.29, 0.717) is 13.2 Å². The van der Waals surface area contributed by atoms with Crippen molar-refractivity contribution in [3.8, 4) is 5.75 Å². The molecule has 0 aliphatic rings. The lowest BCUT2D eigenvalue weighted by molar-refractivity contribution is 0.192. The number of hydrogen-bond donors (Lipinski definition) is 1. The zero-order valence-electron chi connectivity index (χ0n) is 11.3. The molecule has 0 atom stereocenters. The predicted octanol–water partition coefficient (Wildman–Crippen LogP) is 1.42. The van der Waals surface area contributed by atoms with Gasteiger partial charge in [0.25, 0.3) is 0 Å². The summed E-state index contributed by atoms with van der Waals surface area (Å²) in [4.78, 5) is 10.4. The Kier molecular flexibility index (Phi) is 6.32. The predicted molar refractivity (Wildman–Crippen MR) is 72.9 cm³/mol. The third-order valence-corrected chi connectivity index (χ3v) is 2.50. The van der Waals surface area contributed by atoms with Crippen LogP contribution in [0.3, 0.4) is 0 Å². The molecular formula is C13H21N3O2. The number of likely N-dealkylation sites (N-methyl/N-ethyl adjacent to an activating group) is 1. The lowest BCUT2D eigenvalue weighted by atomic mass is 10.3. The van der Waals surface area contributed by atoms with Gasteiger partial charge in [-0.05, 0) is 32.5 Å². The van der Waals surface area contributed by atoms with Crippen molar-refractivity contribution in [2.24, 2.45) is 4.99 Å². The highest BCUT2D eigenvalue weighted by atomic mass is 16.5. The van der Waals surface area contributed by atoms with Crippen LogP contribution in [0.1, 0.15) is 12.5 Å². The normalized spacial score (nSPS) is 11.4. The van der Waals surface area contributed by atoms with Gasteiger partial charge in [-0.15, -0.1) is 0 Å². The number of aromatic nitrogens is 1. The van der Waals surface area contributed by atoms with E-state index in [0.717, 1.165) is 23.7 Å². The summed E-state index contributed by atoms with van der Waals surface area (Å²) in [5, 5.41) is 8.76. The van der Waals surface area contributed by atoms with E-state index in [1.165, 1.54) is 0 Å². The van der Waals surface area contributed by atoms with Gasteiger partial charge in [-0.1, -0.05) is 0 Å². The summed E-state index contributed by atoms with van der Waals surface area (Å²) in [6, 6.07) is 1.93. The number of aryl methyl sites for hydroxylation is 1. The molecule has 1 N–H and O–H groups in total. The van der Waals surface area contributed by atoms with Gasteiger partial charge in [0.15, 0.2) is 5.82 Å². The highest BCUT2D eigenvalue weighted by Gasteiger charge is 2.02. The number of aliphatic hydroxyl groups is 1. The van der Waals surface area contributed by atoms with E-state index < -0.39 is 0 Å². The smallest absolute Gasteiger partial charge is 0.154 e. The molecule has 0 radical (unpaired) electrons. The van der Waals surface area contributed by atoms with Gasteiger partial charge in [0.05, 0.1) is 12.8 Å². The first-order valence-electron chi connectivity index (χ1n) is 6.05. The van der Waals surface area contributed by atoms with E-state index in [2.05, 4.69) is 9.98 Å². The molecule has 0 fully saturated rings. The molecule has 100 valence electrons. The molecule has 5 nitrogen and oxygen atoms in total. The van der Waals surface area contributed by atoms with Crippen molar-refractivity contribution in [2.45, 2.75) is 13.8 Å². The number of pyridine rings is 1. The van der Waals surface area contributed by atoms with Crippen molar-refractivity contribution in [1.29, 1.82) is 0 Å². The molecule has 5 heteroatoms. The molecule has 0 saturated heterocycles. The minimum absolute atomic E-state index is 0.168. The highest BCUT2D eigenvalue weighted by Crippen LogP contribution is 2.19. The van der Waals surface area contributed by atoms with Crippen LogP contribution in [-0.2, 0) is 0 Å². The van der Waals surface area contributed by atoms with Crippen LogP contribution in [0.25, 0.3) is 0 Å². The summed E-state index contributed by atoms with van der Waals surface area (Å²) in [5.74, 6) is 1.47. The van der Waals surface area contributed by atoms with Crippen LogP contribution >= 0.6 is 0 Å². The molecule has 0 spiro atoms. The molecular weight excluding hydrogens is 230 g/mol. The number of ether oxygens (including phenoxy) is 1. The quantitative estimate of drug-likeness (QED) is 0.744. The van der Waals surface area contributed by atoms with Gasteiger partial charge >= 0.3 is 0 Å². The van der Waals surface area contributed by atoms with Crippen molar-refractivity contribution in [1.82, 2.24) is 9.88 Å². The third-order valence-electron chi connectivity index (χ3n) is 2.50. The number of aliphatic hydroxyl groups excluding tert-OH is 1. The van der Waals surface area contributed by atoms with Crippen LogP contribution in [0, 0.1) is 6.92 Å². The van der Waals surface area contributed by atoms with Crippen molar-refractivity contribution >= 4 is 12.0 Å². The molecule has 0 unspecified atom stereocenters. The second-order valence-electron chi connectivity index (χ2n) is 4.07. The first-order chi connectivity index (χ1) is 8.67. The van der Waals surface area contributed by atoms with E-state index in [4.69, 9.17) is 9.84 Å². The average Bonchev–Trinajstić information content (AvgIpc) is 2.33. The Labute approximate surface area is 108 Å². The Bertz CT molecular complexity index is 394. The molecule has 0 aliphatic carbocycles. The van der Waals surface area contributed by atoms with Crippen molar-refractivity contribution in [3.05, 3.63) is 17.8 Å². The van der Waals surface area contributed by atoms with Crippen LogP contribution in [0.2, 0.25) is 0 Å². The van der Waals surface area contributed by atoms with Crippen LogP contribution in [0.4, 0.5) is 5.82 Å². The Balaban J connectivity index is 2.46. The summed E-state index contributed by atoms with van der Waals surface area (Å²) in [5.41, 5.74) is 0.995.